The Morgan fingerprint density at radius 3 is 2.11 bits per heavy atom. The van der Waals surface area contributed by atoms with Crippen LogP contribution < -0.4 is 0 Å². The van der Waals surface area contributed by atoms with Crippen molar-refractivity contribution in [3.05, 3.63) is 59.7 Å². The Labute approximate surface area is 161 Å². The van der Waals surface area contributed by atoms with Gasteiger partial charge < -0.3 is 14.5 Å². The lowest BCUT2D eigenvalue weighted by molar-refractivity contribution is 0.0909. The van der Waals surface area contributed by atoms with Crippen LogP contribution >= 0.6 is 0 Å². The Hall–Kier alpha value is -2.82. The second-order valence-electron chi connectivity index (χ2n) is 7.04. The number of hydrogen-bond donors (Lipinski definition) is 1. The maximum absolute atomic E-state index is 8.36. The smallest absolute Gasteiger partial charge is 0.285 e. The van der Waals surface area contributed by atoms with Crippen molar-refractivity contribution < 1.29 is 9.57 Å². The molecule has 1 aliphatic rings. The SMILES string of the molecule is CC(=NOCCOC(=N)N1Cc2ccccc2-c2ccccc2C1)C(C)C. The summed E-state index contributed by atoms with van der Waals surface area (Å²) >= 11 is 0. The molecule has 142 valence electrons. The third-order valence-electron chi connectivity index (χ3n) is 4.79. The van der Waals surface area contributed by atoms with Crippen molar-refractivity contribution in [1.82, 2.24) is 4.90 Å². The summed E-state index contributed by atoms with van der Waals surface area (Å²) in [6.45, 7) is 8.01. The van der Waals surface area contributed by atoms with Gasteiger partial charge in [-0.25, -0.2) is 0 Å². The van der Waals surface area contributed by atoms with Gasteiger partial charge in [-0.05, 0) is 35.1 Å². The van der Waals surface area contributed by atoms with E-state index in [1.54, 1.807) is 0 Å². The highest BCUT2D eigenvalue weighted by Crippen LogP contribution is 2.32. The molecule has 0 radical (unpaired) electrons. The molecule has 0 saturated carbocycles. The van der Waals surface area contributed by atoms with Crippen LogP contribution in [0.15, 0.2) is 53.7 Å². The Balaban J connectivity index is 1.64. The van der Waals surface area contributed by atoms with Crippen LogP contribution in [0.2, 0.25) is 0 Å². The zero-order valence-electron chi connectivity index (χ0n) is 16.2. The molecule has 0 spiro atoms. The number of fused-ring (bicyclic) bond motifs is 3. The van der Waals surface area contributed by atoms with Crippen LogP contribution in [0.3, 0.4) is 0 Å². The summed E-state index contributed by atoms with van der Waals surface area (Å²) in [5.41, 5.74) is 5.80. The molecule has 3 rings (SSSR count). The first-order valence-electron chi connectivity index (χ1n) is 9.35. The Morgan fingerprint density at radius 1 is 1.00 bits per heavy atom. The maximum Gasteiger partial charge on any atom is 0.285 e. The Bertz CT molecular complexity index is 782. The summed E-state index contributed by atoms with van der Waals surface area (Å²) in [6.07, 6.45) is 0. The van der Waals surface area contributed by atoms with Crippen LogP contribution in [-0.2, 0) is 22.7 Å². The summed E-state index contributed by atoms with van der Waals surface area (Å²) in [5, 5.41) is 12.4. The van der Waals surface area contributed by atoms with Crippen molar-refractivity contribution in [2.24, 2.45) is 11.1 Å². The van der Waals surface area contributed by atoms with Gasteiger partial charge in [-0.15, -0.1) is 0 Å². The van der Waals surface area contributed by atoms with Gasteiger partial charge in [-0.3, -0.25) is 5.41 Å². The van der Waals surface area contributed by atoms with Crippen molar-refractivity contribution in [2.45, 2.75) is 33.9 Å². The van der Waals surface area contributed by atoms with Crippen molar-refractivity contribution in [2.75, 3.05) is 13.2 Å². The van der Waals surface area contributed by atoms with E-state index in [2.05, 4.69) is 55.4 Å². The summed E-state index contributed by atoms with van der Waals surface area (Å²) < 4.78 is 5.62. The fraction of sp³-hybridized carbons (Fsp3) is 0.364. The lowest BCUT2D eigenvalue weighted by Gasteiger charge is -2.23. The van der Waals surface area contributed by atoms with Crippen molar-refractivity contribution >= 4 is 11.7 Å². The highest BCUT2D eigenvalue weighted by molar-refractivity contribution is 5.83. The third kappa shape index (κ3) is 4.67. The van der Waals surface area contributed by atoms with Crippen molar-refractivity contribution in [1.29, 1.82) is 5.41 Å². The molecule has 1 heterocycles. The van der Waals surface area contributed by atoms with Gasteiger partial charge >= 0.3 is 0 Å². The molecule has 0 bridgehead atoms. The van der Waals surface area contributed by atoms with E-state index < -0.39 is 0 Å². The monoisotopic (exact) mass is 365 g/mol. The molecule has 2 aromatic carbocycles. The van der Waals surface area contributed by atoms with Gasteiger partial charge in [-0.1, -0.05) is 67.5 Å². The minimum Gasteiger partial charge on any atom is -0.462 e. The van der Waals surface area contributed by atoms with Crippen LogP contribution in [0.4, 0.5) is 0 Å². The first kappa shape index (κ1) is 19.0. The van der Waals surface area contributed by atoms with E-state index in [0.717, 1.165) is 5.71 Å². The molecule has 0 amide bonds. The average Bonchev–Trinajstić information content (AvgIpc) is 2.84. The molecule has 0 aromatic heterocycles. The van der Waals surface area contributed by atoms with E-state index in [0.29, 0.717) is 32.2 Å². The van der Waals surface area contributed by atoms with Crippen molar-refractivity contribution in [3.8, 4) is 11.1 Å². The summed E-state index contributed by atoms with van der Waals surface area (Å²) in [7, 11) is 0. The first-order chi connectivity index (χ1) is 13.1. The molecule has 1 N–H and O–H groups in total. The van der Waals surface area contributed by atoms with Gasteiger partial charge in [0.2, 0.25) is 0 Å². The van der Waals surface area contributed by atoms with Gasteiger partial charge in [0.1, 0.15) is 6.61 Å². The number of rotatable bonds is 5. The number of nitrogens with one attached hydrogen (secondary N) is 1. The summed E-state index contributed by atoms with van der Waals surface area (Å²) in [5.74, 6) is 0.362. The number of oxime groups is 1. The molecule has 5 heteroatoms. The van der Waals surface area contributed by atoms with E-state index in [9.17, 15) is 0 Å². The van der Waals surface area contributed by atoms with Crippen LogP contribution in [-0.4, -0.2) is 29.8 Å². The zero-order valence-corrected chi connectivity index (χ0v) is 16.2. The maximum atomic E-state index is 8.36. The lowest BCUT2D eigenvalue weighted by atomic mass is 9.97. The average molecular weight is 365 g/mol. The number of amidine groups is 1. The molecule has 5 nitrogen and oxygen atoms in total. The predicted octanol–water partition coefficient (Wildman–Crippen LogP) is 4.67. The van der Waals surface area contributed by atoms with Gasteiger partial charge in [0, 0.05) is 13.1 Å². The minimum absolute atomic E-state index is 0.162. The number of benzene rings is 2. The summed E-state index contributed by atoms with van der Waals surface area (Å²) in [4.78, 5) is 7.23. The van der Waals surface area contributed by atoms with E-state index >= 15 is 0 Å². The van der Waals surface area contributed by atoms with Gasteiger partial charge in [-0.2, -0.15) is 0 Å². The van der Waals surface area contributed by atoms with Crippen LogP contribution in [0.5, 0.6) is 0 Å². The molecular weight excluding hydrogens is 338 g/mol. The lowest BCUT2D eigenvalue weighted by Crippen LogP contribution is -2.31. The number of ether oxygens (including phenoxy) is 1. The van der Waals surface area contributed by atoms with Crippen LogP contribution in [0.1, 0.15) is 31.9 Å². The highest BCUT2D eigenvalue weighted by Gasteiger charge is 2.21. The molecule has 27 heavy (non-hydrogen) atoms. The third-order valence-corrected chi connectivity index (χ3v) is 4.79. The first-order valence-corrected chi connectivity index (χ1v) is 9.35. The molecule has 0 aliphatic carbocycles. The van der Waals surface area contributed by atoms with Crippen molar-refractivity contribution in [3.63, 3.8) is 0 Å². The number of nitrogens with zero attached hydrogens (tertiary/aromatic N) is 2. The van der Waals surface area contributed by atoms with E-state index in [4.69, 9.17) is 15.0 Å². The normalized spacial score (nSPS) is 13.6. The fourth-order valence-corrected chi connectivity index (χ4v) is 2.97. The second kappa shape index (κ2) is 8.71. The molecule has 0 atom stereocenters. The van der Waals surface area contributed by atoms with Gasteiger partial charge in [0.25, 0.3) is 6.02 Å². The predicted molar refractivity (Wildman–Crippen MR) is 109 cm³/mol. The van der Waals surface area contributed by atoms with Gasteiger partial charge in [0.15, 0.2) is 6.61 Å². The Morgan fingerprint density at radius 2 is 1.56 bits per heavy atom. The van der Waals surface area contributed by atoms with E-state index in [-0.39, 0.29) is 6.02 Å². The fourth-order valence-electron chi connectivity index (χ4n) is 2.97. The topological polar surface area (TPSA) is 57.9 Å². The second-order valence-corrected chi connectivity index (χ2v) is 7.04. The molecular formula is C22H27N3O2. The van der Waals surface area contributed by atoms with E-state index in [1.807, 2.05) is 24.0 Å². The van der Waals surface area contributed by atoms with Crippen LogP contribution in [0, 0.1) is 11.3 Å². The quantitative estimate of drug-likeness (QED) is 0.363. The zero-order chi connectivity index (χ0) is 19.2. The summed E-state index contributed by atoms with van der Waals surface area (Å²) in [6, 6.07) is 16.9. The largest absolute Gasteiger partial charge is 0.462 e. The molecule has 2 aromatic rings. The minimum atomic E-state index is 0.162. The Kier molecular flexibility index (Phi) is 6.12. The van der Waals surface area contributed by atoms with E-state index in [1.165, 1.54) is 22.3 Å². The molecule has 0 unspecified atom stereocenters. The van der Waals surface area contributed by atoms with Crippen LogP contribution in [0.25, 0.3) is 11.1 Å². The molecule has 0 fully saturated rings. The highest BCUT2D eigenvalue weighted by atomic mass is 16.6. The molecule has 0 saturated heterocycles. The molecule has 1 aliphatic heterocycles. The number of hydrogen-bond acceptors (Lipinski definition) is 4. The standard InChI is InChI=1S/C22H27N3O2/c1-16(2)17(3)24-27-13-12-26-22(23)25-14-18-8-4-6-10-20(18)21-11-7-5-9-19(21)15-25/h4-11,16,23H,12-15H2,1-3H3. The van der Waals surface area contributed by atoms with Gasteiger partial charge in [0.05, 0.1) is 5.71 Å².